The number of ether oxygens (including phenoxy) is 2. The van der Waals surface area contributed by atoms with Gasteiger partial charge >= 0.3 is 0 Å². The molecule has 1 aromatic carbocycles. The minimum Gasteiger partial charge on any atom is -0.496 e. The molecule has 1 fully saturated rings. The fourth-order valence-electron chi connectivity index (χ4n) is 3.48. The molecule has 3 N–H and O–H groups in total. The number of hydrogen-bond acceptors (Lipinski definition) is 6. The first-order valence-electron chi connectivity index (χ1n) is 9.64. The Balaban J connectivity index is 1.71. The van der Waals surface area contributed by atoms with Gasteiger partial charge in [-0.3, -0.25) is 10.3 Å². The van der Waals surface area contributed by atoms with Crippen molar-refractivity contribution in [2.45, 2.75) is 44.4 Å². The second-order valence-corrected chi connectivity index (χ2v) is 6.98. The summed E-state index contributed by atoms with van der Waals surface area (Å²) >= 11 is 0. The molecule has 0 radical (unpaired) electrons. The van der Waals surface area contributed by atoms with E-state index in [9.17, 15) is 5.11 Å². The third-order valence-electron chi connectivity index (χ3n) is 4.94. The van der Waals surface area contributed by atoms with Crippen molar-refractivity contribution in [1.29, 1.82) is 0 Å². The summed E-state index contributed by atoms with van der Waals surface area (Å²) in [6.45, 7) is 3.72. The number of rotatable bonds is 7. The number of allylic oxidation sites excluding steroid dienone is 2. The first kappa shape index (κ1) is 19.9. The van der Waals surface area contributed by atoms with Crippen LogP contribution >= 0.6 is 0 Å². The minimum atomic E-state index is -0.623. The van der Waals surface area contributed by atoms with E-state index in [1.807, 2.05) is 24.3 Å². The van der Waals surface area contributed by atoms with Crippen molar-refractivity contribution in [2.75, 3.05) is 26.9 Å². The lowest BCUT2D eigenvalue weighted by molar-refractivity contribution is -0.106. The molecule has 0 amide bonds. The molecule has 0 saturated carbocycles. The molecular weight excluding hydrogens is 344 g/mol. The van der Waals surface area contributed by atoms with Crippen LogP contribution in [0, 0.1) is 0 Å². The zero-order chi connectivity index (χ0) is 19.1. The SMILES string of the molecule is COc1ccccc1C=C1CCCC=C1NO[C@@H](C1COCCN1)[C@@H](C)O. The predicted octanol–water partition coefficient (Wildman–Crippen LogP) is 2.41. The highest BCUT2D eigenvalue weighted by Gasteiger charge is 2.29. The Morgan fingerprint density at radius 2 is 2.22 bits per heavy atom. The number of aliphatic hydroxyl groups excluding tert-OH is 1. The zero-order valence-corrected chi connectivity index (χ0v) is 16.1. The van der Waals surface area contributed by atoms with Crippen molar-refractivity contribution in [3.63, 3.8) is 0 Å². The molecule has 6 nitrogen and oxygen atoms in total. The van der Waals surface area contributed by atoms with Crippen LogP contribution in [0.5, 0.6) is 5.75 Å². The first-order chi connectivity index (χ1) is 13.2. The summed E-state index contributed by atoms with van der Waals surface area (Å²) in [5.74, 6) is 0.848. The van der Waals surface area contributed by atoms with Crippen LogP contribution in [0.2, 0.25) is 0 Å². The van der Waals surface area contributed by atoms with Gasteiger partial charge in [0.15, 0.2) is 0 Å². The topological polar surface area (TPSA) is 72.0 Å². The summed E-state index contributed by atoms with van der Waals surface area (Å²) < 4.78 is 11.0. The largest absolute Gasteiger partial charge is 0.496 e. The lowest BCUT2D eigenvalue weighted by atomic mass is 9.96. The van der Waals surface area contributed by atoms with E-state index < -0.39 is 12.2 Å². The number of nitrogens with one attached hydrogen (secondary N) is 2. The Hall–Kier alpha value is -1.86. The summed E-state index contributed by atoms with van der Waals surface area (Å²) in [5.41, 5.74) is 6.27. The third-order valence-corrected chi connectivity index (χ3v) is 4.94. The van der Waals surface area contributed by atoms with Gasteiger partial charge in [-0.25, -0.2) is 0 Å². The maximum Gasteiger partial charge on any atom is 0.128 e. The number of benzene rings is 1. The molecule has 27 heavy (non-hydrogen) atoms. The molecule has 0 spiro atoms. The molecule has 3 atom stereocenters. The summed E-state index contributed by atoms with van der Waals surface area (Å²) in [6, 6.07) is 7.93. The summed E-state index contributed by atoms with van der Waals surface area (Å²) in [6.07, 6.45) is 6.32. The number of methoxy groups -OCH3 is 1. The molecule has 1 aromatic rings. The van der Waals surface area contributed by atoms with Crippen LogP contribution in [0.3, 0.4) is 0 Å². The molecule has 0 aromatic heterocycles. The lowest BCUT2D eigenvalue weighted by Gasteiger charge is -2.33. The molecule has 1 aliphatic carbocycles. The van der Waals surface area contributed by atoms with E-state index in [2.05, 4.69) is 22.9 Å². The molecule has 1 saturated heterocycles. The molecule has 6 heteroatoms. The highest BCUT2D eigenvalue weighted by atomic mass is 16.7. The summed E-state index contributed by atoms with van der Waals surface area (Å²) in [4.78, 5) is 5.92. The van der Waals surface area contributed by atoms with E-state index in [0.717, 1.165) is 42.8 Å². The zero-order valence-electron chi connectivity index (χ0n) is 16.1. The molecule has 1 heterocycles. The lowest BCUT2D eigenvalue weighted by Crippen LogP contribution is -2.54. The van der Waals surface area contributed by atoms with Crippen molar-refractivity contribution in [1.82, 2.24) is 10.8 Å². The Kier molecular flexibility index (Phi) is 7.29. The molecular formula is C21H30N2O4. The summed E-state index contributed by atoms with van der Waals surface area (Å²) in [5, 5.41) is 13.5. The Morgan fingerprint density at radius 1 is 1.37 bits per heavy atom. The molecule has 1 unspecified atom stereocenters. The molecule has 3 rings (SSSR count). The average Bonchev–Trinajstić information content (AvgIpc) is 2.70. The summed E-state index contributed by atoms with van der Waals surface area (Å²) in [7, 11) is 1.68. The Bertz CT molecular complexity index is 666. The Morgan fingerprint density at radius 3 is 2.96 bits per heavy atom. The maximum absolute atomic E-state index is 10.2. The van der Waals surface area contributed by atoms with Crippen LogP contribution in [-0.4, -0.2) is 50.2 Å². The highest BCUT2D eigenvalue weighted by molar-refractivity contribution is 5.63. The van der Waals surface area contributed by atoms with Gasteiger partial charge in [-0.05, 0) is 43.9 Å². The fraction of sp³-hybridized carbons (Fsp3) is 0.524. The number of hydroxylamine groups is 1. The van der Waals surface area contributed by atoms with Gasteiger partial charge in [-0.2, -0.15) is 0 Å². The maximum atomic E-state index is 10.2. The number of aliphatic hydroxyl groups is 1. The Labute approximate surface area is 161 Å². The molecule has 0 bridgehead atoms. The van der Waals surface area contributed by atoms with Gasteiger partial charge in [0.1, 0.15) is 11.9 Å². The smallest absolute Gasteiger partial charge is 0.128 e. The fourth-order valence-corrected chi connectivity index (χ4v) is 3.48. The quantitative estimate of drug-likeness (QED) is 0.637. The van der Waals surface area contributed by atoms with E-state index in [4.69, 9.17) is 14.3 Å². The number of para-hydroxylation sites is 1. The van der Waals surface area contributed by atoms with Crippen LogP contribution in [-0.2, 0) is 9.57 Å². The van der Waals surface area contributed by atoms with Crippen LogP contribution in [0.4, 0.5) is 0 Å². The first-order valence-corrected chi connectivity index (χ1v) is 9.64. The van der Waals surface area contributed by atoms with Crippen LogP contribution in [0.1, 0.15) is 31.7 Å². The third kappa shape index (κ3) is 5.32. The van der Waals surface area contributed by atoms with E-state index in [0.29, 0.717) is 13.2 Å². The van der Waals surface area contributed by atoms with Gasteiger partial charge in [0, 0.05) is 12.1 Å². The van der Waals surface area contributed by atoms with Crippen molar-refractivity contribution in [2.24, 2.45) is 0 Å². The number of hydrogen-bond donors (Lipinski definition) is 3. The standard InChI is InChI=1S/C21H30N2O4/c1-15(24)21(19-14-26-12-11-22-19)27-23-18-9-5-3-7-16(18)13-17-8-4-6-10-20(17)25-2/h4,6,8-10,13,15,19,21-24H,3,5,7,11-12,14H2,1-2H3/t15-,19?,21-/m1/s1. The van der Waals surface area contributed by atoms with E-state index in [1.54, 1.807) is 14.0 Å². The van der Waals surface area contributed by atoms with Crippen LogP contribution in [0.15, 0.2) is 41.6 Å². The second-order valence-electron chi connectivity index (χ2n) is 6.98. The van der Waals surface area contributed by atoms with E-state index in [1.165, 1.54) is 5.57 Å². The van der Waals surface area contributed by atoms with Crippen molar-refractivity contribution in [3.05, 3.63) is 47.2 Å². The van der Waals surface area contributed by atoms with Crippen molar-refractivity contribution < 1.29 is 19.4 Å². The average molecular weight is 374 g/mol. The normalized spacial score (nSPS) is 24.2. The van der Waals surface area contributed by atoms with Crippen molar-refractivity contribution >= 4 is 6.08 Å². The minimum absolute atomic E-state index is 0.0444. The van der Waals surface area contributed by atoms with E-state index >= 15 is 0 Å². The van der Waals surface area contributed by atoms with Gasteiger partial charge < -0.3 is 19.9 Å². The number of morpholine rings is 1. The van der Waals surface area contributed by atoms with Gasteiger partial charge in [0.25, 0.3) is 0 Å². The van der Waals surface area contributed by atoms with Gasteiger partial charge in [0.2, 0.25) is 0 Å². The predicted molar refractivity (Wildman–Crippen MR) is 105 cm³/mol. The second kappa shape index (κ2) is 9.90. The van der Waals surface area contributed by atoms with Crippen molar-refractivity contribution in [3.8, 4) is 5.75 Å². The van der Waals surface area contributed by atoms with E-state index in [-0.39, 0.29) is 6.04 Å². The molecule has 1 aliphatic heterocycles. The van der Waals surface area contributed by atoms with Gasteiger partial charge in [0.05, 0.1) is 38.2 Å². The van der Waals surface area contributed by atoms with Crippen LogP contribution in [0.25, 0.3) is 6.08 Å². The highest BCUT2D eigenvalue weighted by Crippen LogP contribution is 2.28. The van der Waals surface area contributed by atoms with Crippen LogP contribution < -0.4 is 15.5 Å². The molecule has 2 aliphatic rings. The van der Waals surface area contributed by atoms with Gasteiger partial charge in [-0.15, -0.1) is 0 Å². The van der Waals surface area contributed by atoms with Gasteiger partial charge in [-0.1, -0.05) is 24.3 Å². The monoisotopic (exact) mass is 374 g/mol. The molecule has 148 valence electrons.